The molecule has 0 aliphatic carbocycles. The lowest BCUT2D eigenvalue weighted by molar-refractivity contribution is -0.119. The average Bonchev–Trinajstić information content (AvgIpc) is 2.45. The van der Waals surface area contributed by atoms with E-state index in [0.29, 0.717) is 0 Å². The highest BCUT2D eigenvalue weighted by Crippen LogP contribution is 2.24. The third kappa shape index (κ3) is 4.42. The van der Waals surface area contributed by atoms with Crippen LogP contribution in [0.1, 0.15) is 24.1 Å². The van der Waals surface area contributed by atoms with Crippen LogP contribution in [0.25, 0.3) is 0 Å². The summed E-state index contributed by atoms with van der Waals surface area (Å²) < 4.78 is 0. The van der Waals surface area contributed by atoms with Gasteiger partial charge in [-0.1, -0.05) is 48.0 Å². The quantitative estimate of drug-likeness (QED) is 0.842. The molecule has 0 bridgehead atoms. The van der Waals surface area contributed by atoms with E-state index in [0.717, 1.165) is 11.3 Å². The zero-order chi connectivity index (χ0) is 14.4. The molecule has 0 aliphatic rings. The maximum atomic E-state index is 11.4. The van der Waals surface area contributed by atoms with E-state index in [1.165, 1.54) is 10.5 Å². The van der Waals surface area contributed by atoms with Gasteiger partial charge in [-0.3, -0.25) is 4.79 Å². The second-order valence-electron chi connectivity index (χ2n) is 4.79. The summed E-state index contributed by atoms with van der Waals surface area (Å²) in [5.74, 6) is 0.830. The fourth-order valence-corrected chi connectivity index (χ4v) is 2.95. The number of nitrogens with one attached hydrogen (secondary N) is 1. The van der Waals surface area contributed by atoms with E-state index in [1.54, 1.807) is 18.7 Å². The molecule has 1 atom stereocenters. The number of aryl methyl sites for hydroxylation is 1. The minimum atomic E-state index is 0.00392. The highest BCUT2D eigenvalue weighted by Gasteiger charge is 2.13. The number of amides is 1. The van der Waals surface area contributed by atoms with E-state index in [1.807, 2.05) is 18.2 Å². The lowest BCUT2D eigenvalue weighted by Crippen LogP contribution is -2.27. The van der Waals surface area contributed by atoms with Gasteiger partial charge in [-0.25, -0.2) is 0 Å². The molecule has 0 saturated carbocycles. The lowest BCUT2D eigenvalue weighted by Gasteiger charge is -2.18. The van der Waals surface area contributed by atoms with Crippen molar-refractivity contribution in [1.29, 1.82) is 0 Å². The summed E-state index contributed by atoms with van der Waals surface area (Å²) in [6, 6.07) is 18.6. The Morgan fingerprint density at radius 1 is 1.10 bits per heavy atom. The zero-order valence-electron chi connectivity index (χ0n) is 11.8. The van der Waals surface area contributed by atoms with Crippen LogP contribution in [0.15, 0.2) is 59.5 Å². The number of hydrogen-bond donors (Lipinski definition) is 1. The van der Waals surface area contributed by atoms with Gasteiger partial charge in [0.15, 0.2) is 0 Å². The second-order valence-corrected chi connectivity index (χ2v) is 5.88. The minimum absolute atomic E-state index is 0.00392. The van der Waals surface area contributed by atoms with Crippen LogP contribution in [0.5, 0.6) is 0 Å². The Hall–Kier alpha value is -1.74. The van der Waals surface area contributed by atoms with Crippen LogP contribution in [0.3, 0.4) is 0 Å². The molecular weight excluding hydrogens is 266 g/mol. The van der Waals surface area contributed by atoms with Crippen molar-refractivity contribution in [1.82, 2.24) is 5.32 Å². The summed E-state index contributed by atoms with van der Waals surface area (Å²) in [5.41, 5.74) is 2.38. The predicted molar refractivity (Wildman–Crippen MR) is 84.9 cm³/mol. The minimum Gasteiger partial charge on any atom is -0.349 e. The van der Waals surface area contributed by atoms with Gasteiger partial charge in [0.25, 0.3) is 0 Å². The van der Waals surface area contributed by atoms with E-state index >= 15 is 0 Å². The molecule has 0 aromatic heterocycles. The van der Waals surface area contributed by atoms with E-state index in [-0.39, 0.29) is 11.9 Å². The molecule has 104 valence electrons. The van der Waals surface area contributed by atoms with Crippen molar-refractivity contribution >= 4 is 17.7 Å². The molecule has 1 amide bonds. The third-order valence-electron chi connectivity index (χ3n) is 3.02. The maximum Gasteiger partial charge on any atom is 0.217 e. The first-order valence-corrected chi connectivity index (χ1v) is 7.65. The maximum absolute atomic E-state index is 11.4. The molecule has 2 aromatic rings. The summed E-state index contributed by atoms with van der Waals surface area (Å²) in [5, 5.41) is 3.03. The smallest absolute Gasteiger partial charge is 0.217 e. The second kappa shape index (κ2) is 7.15. The Labute approximate surface area is 124 Å². The highest BCUT2D eigenvalue weighted by molar-refractivity contribution is 7.99. The molecule has 0 saturated heterocycles. The average molecular weight is 285 g/mol. The molecular formula is C17H19NOS. The fraction of sp³-hybridized carbons (Fsp3) is 0.235. The van der Waals surface area contributed by atoms with Gasteiger partial charge in [0, 0.05) is 17.6 Å². The zero-order valence-corrected chi connectivity index (χ0v) is 12.6. The fourth-order valence-electron chi connectivity index (χ4n) is 1.96. The van der Waals surface area contributed by atoms with Crippen molar-refractivity contribution in [2.75, 3.05) is 5.75 Å². The van der Waals surface area contributed by atoms with E-state index in [9.17, 15) is 4.79 Å². The van der Waals surface area contributed by atoms with Gasteiger partial charge in [0.2, 0.25) is 5.91 Å². The predicted octanol–water partition coefficient (Wildman–Crippen LogP) is 3.96. The topological polar surface area (TPSA) is 29.1 Å². The van der Waals surface area contributed by atoms with Gasteiger partial charge in [-0.15, -0.1) is 11.8 Å². The van der Waals surface area contributed by atoms with Crippen molar-refractivity contribution in [3.63, 3.8) is 0 Å². The van der Waals surface area contributed by atoms with Crippen LogP contribution in [0.2, 0.25) is 0 Å². The van der Waals surface area contributed by atoms with Gasteiger partial charge >= 0.3 is 0 Å². The highest BCUT2D eigenvalue weighted by atomic mass is 32.2. The van der Waals surface area contributed by atoms with Crippen molar-refractivity contribution < 1.29 is 4.79 Å². The Morgan fingerprint density at radius 3 is 2.35 bits per heavy atom. The largest absolute Gasteiger partial charge is 0.349 e. The van der Waals surface area contributed by atoms with Gasteiger partial charge < -0.3 is 5.32 Å². The monoisotopic (exact) mass is 285 g/mol. The Bertz CT molecular complexity index is 551. The van der Waals surface area contributed by atoms with E-state index in [2.05, 4.69) is 48.6 Å². The number of benzene rings is 2. The Balaban J connectivity index is 2.07. The van der Waals surface area contributed by atoms with Crippen LogP contribution in [-0.4, -0.2) is 11.7 Å². The third-order valence-corrected chi connectivity index (χ3v) is 4.12. The number of hydrogen-bond acceptors (Lipinski definition) is 2. The number of rotatable bonds is 5. The molecule has 0 heterocycles. The summed E-state index contributed by atoms with van der Waals surface area (Å²) in [4.78, 5) is 12.6. The first kappa shape index (κ1) is 14.7. The van der Waals surface area contributed by atoms with Crippen molar-refractivity contribution in [3.8, 4) is 0 Å². The number of thioether (sulfide) groups is 1. The van der Waals surface area contributed by atoms with Gasteiger partial charge in [-0.2, -0.15) is 0 Å². The summed E-state index contributed by atoms with van der Waals surface area (Å²) >= 11 is 1.75. The molecule has 20 heavy (non-hydrogen) atoms. The van der Waals surface area contributed by atoms with Crippen LogP contribution < -0.4 is 5.32 Å². The molecule has 0 spiro atoms. The Morgan fingerprint density at radius 2 is 1.75 bits per heavy atom. The molecule has 0 aliphatic heterocycles. The summed E-state index contributed by atoms with van der Waals surface area (Å²) in [6.07, 6.45) is 0. The van der Waals surface area contributed by atoms with Crippen LogP contribution in [-0.2, 0) is 4.79 Å². The van der Waals surface area contributed by atoms with Gasteiger partial charge in [-0.05, 0) is 24.6 Å². The molecule has 0 fully saturated rings. The van der Waals surface area contributed by atoms with Crippen molar-refractivity contribution in [3.05, 3.63) is 65.7 Å². The van der Waals surface area contributed by atoms with Crippen LogP contribution in [0, 0.1) is 6.92 Å². The molecule has 3 heteroatoms. The molecule has 2 rings (SSSR count). The van der Waals surface area contributed by atoms with Crippen LogP contribution in [0.4, 0.5) is 0 Å². The lowest BCUT2D eigenvalue weighted by atomic mass is 10.1. The Kier molecular flexibility index (Phi) is 5.24. The first-order chi connectivity index (χ1) is 9.65. The van der Waals surface area contributed by atoms with Crippen molar-refractivity contribution in [2.45, 2.75) is 24.8 Å². The van der Waals surface area contributed by atoms with Gasteiger partial charge in [0.1, 0.15) is 0 Å². The van der Waals surface area contributed by atoms with Crippen molar-refractivity contribution in [2.24, 2.45) is 0 Å². The van der Waals surface area contributed by atoms with E-state index in [4.69, 9.17) is 0 Å². The molecule has 2 nitrogen and oxygen atoms in total. The summed E-state index contributed by atoms with van der Waals surface area (Å²) in [6.45, 7) is 3.63. The molecule has 1 N–H and O–H groups in total. The molecule has 1 unspecified atom stereocenters. The first-order valence-electron chi connectivity index (χ1n) is 6.66. The van der Waals surface area contributed by atoms with Crippen LogP contribution >= 0.6 is 11.8 Å². The molecule has 2 aromatic carbocycles. The number of carbonyl (C=O) groups is 1. The molecule has 0 radical (unpaired) electrons. The van der Waals surface area contributed by atoms with E-state index < -0.39 is 0 Å². The normalized spacial score (nSPS) is 11.9. The standard InChI is InChI=1S/C17H19NOS/c1-13-8-10-15(11-9-13)17(18-14(2)19)12-20-16-6-4-3-5-7-16/h3-11,17H,12H2,1-2H3,(H,18,19). The summed E-state index contributed by atoms with van der Waals surface area (Å²) in [7, 11) is 0. The number of carbonyl (C=O) groups excluding carboxylic acids is 1. The SMILES string of the molecule is CC(=O)NC(CSc1ccccc1)c1ccc(C)cc1. The van der Waals surface area contributed by atoms with Gasteiger partial charge in [0.05, 0.1) is 6.04 Å².